The Morgan fingerprint density at radius 2 is 1.41 bits per heavy atom. The van der Waals surface area contributed by atoms with Gasteiger partial charge in [-0.3, -0.25) is 23.7 Å². The minimum absolute atomic E-state index is 0.0530. The summed E-state index contributed by atoms with van der Waals surface area (Å²) in [6.07, 6.45) is -0.0445. The van der Waals surface area contributed by atoms with Gasteiger partial charge in [0.2, 0.25) is 29.1 Å². The molecular formula is C27H36N4O9S. The van der Waals surface area contributed by atoms with E-state index in [-0.39, 0.29) is 18.6 Å². The second-order valence-corrected chi connectivity index (χ2v) is 11.4. The molecule has 2 rings (SSSR count). The van der Waals surface area contributed by atoms with E-state index in [0.717, 1.165) is 5.56 Å². The summed E-state index contributed by atoms with van der Waals surface area (Å²) in [5, 5.41) is 29.5. The van der Waals surface area contributed by atoms with Crippen LogP contribution in [0.4, 0.5) is 0 Å². The van der Waals surface area contributed by atoms with Gasteiger partial charge in [0.15, 0.2) is 0 Å². The lowest BCUT2D eigenvalue weighted by Gasteiger charge is -2.27. The van der Waals surface area contributed by atoms with Crippen molar-refractivity contribution >= 4 is 33.7 Å². The summed E-state index contributed by atoms with van der Waals surface area (Å²) in [6.45, 7) is 3.97. The summed E-state index contributed by atoms with van der Waals surface area (Å²) in [5.74, 6) is -3.18. The normalized spacial score (nSPS) is 14.3. The number of benzene rings is 2. The summed E-state index contributed by atoms with van der Waals surface area (Å²) in [6, 6.07) is 10.8. The fourth-order valence-electron chi connectivity index (χ4n) is 3.94. The predicted octanol–water partition coefficient (Wildman–Crippen LogP) is -0.370. The number of hydrogen-bond acceptors (Lipinski definition) is 8. The number of amides is 4. The molecule has 14 heteroatoms. The molecule has 2 unspecified atom stereocenters. The smallest absolute Gasteiger partial charge is 0.294 e. The Morgan fingerprint density at radius 1 is 0.829 bits per heavy atom. The number of phenols is 1. The van der Waals surface area contributed by atoms with Crippen molar-refractivity contribution in [3.05, 3.63) is 65.7 Å². The van der Waals surface area contributed by atoms with Gasteiger partial charge >= 0.3 is 0 Å². The highest BCUT2D eigenvalue weighted by Crippen LogP contribution is 2.15. The first-order valence-electron chi connectivity index (χ1n) is 12.8. The van der Waals surface area contributed by atoms with E-state index in [1.165, 1.54) is 31.2 Å². The molecule has 0 saturated carbocycles. The first-order chi connectivity index (χ1) is 19.2. The molecule has 0 aliphatic heterocycles. The number of aliphatic hydroxyl groups excluding tert-OH is 1. The quantitative estimate of drug-likeness (QED) is 0.142. The number of hydrogen-bond donors (Lipinski definition) is 7. The fourth-order valence-corrected chi connectivity index (χ4v) is 4.52. The van der Waals surface area contributed by atoms with Gasteiger partial charge in [-0.2, -0.15) is 8.42 Å². The Morgan fingerprint density at radius 3 is 1.95 bits per heavy atom. The molecule has 0 fully saturated rings. The molecule has 41 heavy (non-hydrogen) atoms. The Balaban J connectivity index is 2.07. The number of aromatic hydroxyl groups is 1. The third-order valence-electron chi connectivity index (χ3n) is 6.03. The van der Waals surface area contributed by atoms with Gasteiger partial charge in [0.1, 0.15) is 17.8 Å². The van der Waals surface area contributed by atoms with Crippen LogP contribution in [0.2, 0.25) is 0 Å². The molecule has 0 aliphatic rings. The van der Waals surface area contributed by atoms with Crippen LogP contribution in [-0.4, -0.2) is 76.9 Å². The summed E-state index contributed by atoms with van der Waals surface area (Å²) in [5.41, 5.74) is -1.15. The van der Waals surface area contributed by atoms with Gasteiger partial charge < -0.3 is 31.5 Å². The second kappa shape index (κ2) is 15.1. The van der Waals surface area contributed by atoms with E-state index < -0.39 is 69.8 Å². The van der Waals surface area contributed by atoms with Gasteiger partial charge in [0.05, 0.1) is 12.6 Å². The molecule has 0 saturated heterocycles. The van der Waals surface area contributed by atoms with Crippen LogP contribution in [0.15, 0.2) is 54.6 Å². The largest absolute Gasteiger partial charge is 0.508 e. The summed E-state index contributed by atoms with van der Waals surface area (Å²) in [7, 11) is -4.98. The van der Waals surface area contributed by atoms with Crippen molar-refractivity contribution in [1.82, 2.24) is 21.3 Å². The summed E-state index contributed by atoms with van der Waals surface area (Å²) in [4.78, 5) is 50.1. The molecule has 2 aromatic carbocycles. The van der Waals surface area contributed by atoms with Crippen molar-refractivity contribution in [2.45, 2.75) is 57.2 Å². The molecule has 0 radical (unpaired) electrons. The highest BCUT2D eigenvalue weighted by Gasteiger charge is 2.34. The Bertz CT molecular complexity index is 1300. The molecule has 0 aliphatic carbocycles. The Kier molecular flexibility index (Phi) is 12.2. The number of phenolic OH excluding ortho intramolecular Hbond substituents is 1. The standard InChI is InChI=1S/C27H36N4O9S/c1-16(2)24(26(36)30-22(27(37)41(38,39)40)14-19-9-11-20(33)12-10-19)31-23(34)15-28-25(35)21(29-17(3)32)13-18-7-5-4-6-8-18/h4-12,16,21-22,24,27,33,37H,13-15H2,1-3H3,(H,28,35)(H,29,32)(H,30,36)(H,31,34)(H,38,39,40)/t21-,22?,24-,27?/m0/s1. The molecule has 224 valence electrons. The van der Waals surface area contributed by atoms with Crippen LogP contribution in [-0.2, 0) is 42.1 Å². The number of carbonyl (C=O) groups is 4. The van der Waals surface area contributed by atoms with Crippen LogP contribution >= 0.6 is 0 Å². The van der Waals surface area contributed by atoms with Crippen LogP contribution in [0.5, 0.6) is 5.75 Å². The van der Waals surface area contributed by atoms with Gasteiger partial charge in [-0.1, -0.05) is 56.3 Å². The van der Waals surface area contributed by atoms with Gasteiger partial charge in [0.25, 0.3) is 10.1 Å². The zero-order valence-corrected chi connectivity index (χ0v) is 23.7. The molecule has 4 atom stereocenters. The lowest BCUT2D eigenvalue weighted by molar-refractivity contribution is -0.132. The van der Waals surface area contributed by atoms with Crippen molar-refractivity contribution in [3.8, 4) is 5.75 Å². The average molecular weight is 593 g/mol. The van der Waals surface area contributed by atoms with Crippen molar-refractivity contribution in [3.63, 3.8) is 0 Å². The third kappa shape index (κ3) is 11.2. The van der Waals surface area contributed by atoms with Gasteiger partial charge in [-0.25, -0.2) is 0 Å². The minimum atomic E-state index is -4.98. The number of rotatable bonds is 14. The Labute approximate surface area is 238 Å². The van der Waals surface area contributed by atoms with Crippen molar-refractivity contribution in [2.24, 2.45) is 5.92 Å². The maximum atomic E-state index is 13.1. The molecule has 2 aromatic rings. The van der Waals surface area contributed by atoms with Crippen molar-refractivity contribution in [2.75, 3.05) is 6.54 Å². The van der Waals surface area contributed by atoms with Crippen LogP contribution < -0.4 is 21.3 Å². The highest BCUT2D eigenvalue weighted by atomic mass is 32.2. The monoisotopic (exact) mass is 592 g/mol. The maximum Gasteiger partial charge on any atom is 0.294 e. The van der Waals surface area contributed by atoms with E-state index in [0.29, 0.717) is 5.56 Å². The van der Waals surface area contributed by atoms with E-state index in [1.807, 2.05) is 6.07 Å². The average Bonchev–Trinajstić information content (AvgIpc) is 2.90. The lowest BCUT2D eigenvalue weighted by Crippen LogP contribution is -2.57. The topological polar surface area (TPSA) is 211 Å². The van der Waals surface area contributed by atoms with Crippen molar-refractivity contribution < 1.29 is 42.4 Å². The van der Waals surface area contributed by atoms with Crippen LogP contribution in [0, 0.1) is 5.92 Å². The number of aliphatic hydroxyl groups is 1. The highest BCUT2D eigenvalue weighted by molar-refractivity contribution is 7.86. The minimum Gasteiger partial charge on any atom is -0.508 e. The summed E-state index contributed by atoms with van der Waals surface area (Å²) >= 11 is 0. The zero-order valence-electron chi connectivity index (χ0n) is 22.9. The van der Waals surface area contributed by atoms with Gasteiger partial charge in [-0.05, 0) is 35.6 Å². The van der Waals surface area contributed by atoms with Crippen LogP contribution in [0.1, 0.15) is 31.9 Å². The summed E-state index contributed by atoms with van der Waals surface area (Å²) < 4.78 is 32.7. The van der Waals surface area contributed by atoms with Crippen LogP contribution in [0.3, 0.4) is 0 Å². The first kappa shape index (κ1) is 33.2. The molecule has 0 aromatic heterocycles. The van der Waals surface area contributed by atoms with Crippen LogP contribution in [0.25, 0.3) is 0 Å². The molecule has 0 bridgehead atoms. The first-order valence-corrected chi connectivity index (χ1v) is 14.3. The molecule has 0 heterocycles. The second-order valence-electron chi connectivity index (χ2n) is 9.84. The molecule has 4 amide bonds. The Hall–Kier alpha value is -4.01. The SMILES string of the molecule is CC(=O)N[C@@H](Cc1ccccc1)C(=O)NCC(=O)N[C@H](C(=O)NC(Cc1ccc(O)cc1)C(O)S(=O)(=O)O)C(C)C. The predicted molar refractivity (Wildman–Crippen MR) is 149 cm³/mol. The van der Waals surface area contributed by atoms with E-state index in [1.54, 1.807) is 38.1 Å². The third-order valence-corrected chi connectivity index (χ3v) is 6.97. The van der Waals surface area contributed by atoms with Gasteiger partial charge in [0, 0.05) is 13.3 Å². The van der Waals surface area contributed by atoms with E-state index in [2.05, 4.69) is 21.3 Å². The number of carbonyl (C=O) groups excluding carboxylic acids is 4. The molecular weight excluding hydrogens is 556 g/mol. The van der Waals surface area contributed by atoms with E-state index >= 15 is 0 Å². The van der Waals surface area contributed by atoms with E-state index in [4.69, 9.17) is 0 Å². The molecule has 0 spiro atoms. The van der Waals surface area contributed by atoms with Crippen molar-refractivity contribution in [1.29, 1.82) is 0 Å². The number of nitrogens with one attached hydrogen (secondary N) is 4. The van der Waals surface area contributed by atoms with Gasteiger partial charge in [-0.15, -0.1) is 0 Å². The fraction of sp³-hybridized carbons (Fsp3) is 0.407. The molecule has 7 N–H and O–H groups in total. The molecule has 13 nitrogen and oxygen atoms in total. The van der Waals surface area contributed by atoms with E-state index in [9.17, 15) is 42.4 Å². The zero-order chi connectivity index (χ0) is 30.7. The maximum absolute atomic E-state index is 13.1. The lowest BCUT2D eigenvalue weighted by atomic mass is 10.0.